The molecule has 0 radical (unpaired) electrons. The number of anilines is 1. The van der Waals surface area contributed by atoms with Gasteiger partial charge in [-0.15, -0.1) is 22.7 Å². The highest BCUT2D eigenvalue weighted by Crippen LogP contribution is 2.31. The predicted octanol–water partition coefficient (Wildman–Crippen LogP) is 4.14. The van der Waals surface area contributed by atoms with Crippen LogP contribution in [-0.4, -0.2) is 33.5 Å². The number of benzene rings is 1. The number of hydrogen-bond acceptors (Lipinski definition) is 6. The Hall–Kier alpha value is -2.58. The van der Waals surface area contributed by atoms with Gasteiger partial charge in [0.05, 0.1) is 22.3 Å². The maximum atomic E-state index is 11.7. The zero-order chi connectivity index (χ0) is 18.7. The number of para-hydroxylation sites is 1. The van der Waals surface area contributed by atoms with Crippen LogP contribution in [0.1, 0.15) is 31.0 Å². The quantitative estimate of drug-likeness (QED) is 0.687. The standard InChI is InChI=1S/C18H17N3O3S2/c1-3-21(11(2)22)18-19-13(10-25-18)8-12(9-16(23)24)17-20-14-6-4-5-7-15(14)26-17/h4-8,10H,3,9H2,1-2H3,(H,23,24)/b12-8+. The average molecular weight is 387 g/mol. The van der Waals surface area contributed by atoms with E-state index >= 15 is 0 Å². The fourth-order valence-corrected chi connectivity index (χ4v) is 4.37. The van der Waals surface area contributed by atoms with Crippen LogP contribution >= 0.6 is 22.7 Å². The number of fused-ring (bicyclic) bond motifs is 1. The molecule has 0 atom stereocenters. The van der Waals surface area contributed by atoms with Crippen molar-refractivity contribution in [1.29, 1.82) is 0 Å². The second-order valence-electron chi connectivity index (χ2n) is 5.55. The third kappa shape index (κ3) is 3.97. The van der Waals surface area contributed by atoms with Gasteiger partial charge in [-0.2, -0.15) is 0 Å². The van der Waals surface area contributed by atoms with Crippen molar-refractivity contribution in [2.75, 3.05) is 11.4 Å². The van der Waals surface area contributed by atoms with E-state index in [1.807, 2.05) is 36.6 Å². The van der Waals surface area contributed by atoms with Crippen LogP contribution in [0.3, 0.4) is 0 Å². The number of aliphatic carboxylic acids is 1. The Morgan fingerprint density at radius 3 is 2.69 bits per heavy atom. The average Bonchev–Trinajstić information content (AvgIpc) is 3.21. The molecule has 0 aliphatic rings. The number of carbonyl (C=O) groups excluding carboxylic acids is 1. The van der Waals surface area contributed by atoms with Gasteiger partial charge in [-0.05, 0) is 25.1 Å². The molecule has 2 heterocycles. The Kier molecular flexibility index (Phi) is 5.43. The molecule has 3 rings (SSSR count). The summed E-state index contributed by atoms with van der Waals surface area (Å²) in [5.74, 6) is -1.00. The van der Waals surface area contributed by atoms with Crippen molar-refractivity contribution in [2.45, 2.75) is 20.3 Å². The van der Waals surface area contributed by atoms with Crippen LogP contribution in [0.5, 0.6) is 0 Å². The van der Waals surface area contributed by atoms with Crippen molar-refractivity contribution >= 4 is 61.5 Å². The van der Waals surface area contributed by atoms with E-state index in [-0.39, 0.29) is 12.3 Å². The molecule has 134 valence electrons. The molecule has 2 aromatic heterocycles. The summed E-state index contributed by atoms with van der Waals surface area (Å²) in [5, 5.41) is 12.4. The summed E-state index contributed by atoms with van der Waals surface area (Å²) in [6, 6.07) is 7.70. The molecule has 0 aliphatic carbocycles. The Morgan fingerprint density at radius 1 is 1.27 bits per heavy atom. The normalized spacial score (nSPS) is 11.7. The molecule has 6 nitrogen and oxygen atoms in total. The van der Waals surface area contributed by atoms with E-state index in [0.717, 1.165) is 10.2 Å². The molecule has 8 heteroatoms. The first-order valence-corrected chi connectivity index (χ1v) is 9.69. The monoisotopic (exact) mass is 387 g/mol. The summed E-state index contributed by atoms with van der Waals surface area (Å²) >= 11 is 2.81. The number of thiazole rings is 2. The molecule has 0 spiro atoms. The summed E-state index contributed by atoms with van der Waals surface area (Å²) in [7, 11) is 0. The highest BCUT2D eigenvalue weighted by Gasteiger charge is 2.16. The second-order valence-corrected chi connectivity index (χ2v) is 7.41. The van der Waals surface area contributed by atoms with Crippen LogP contribution in [0, 0.1) is 0 Å². The first-order valence-electron chi connectivity index (χ1n) is 8.00. The topological polar surface area (TPSA) is 83.4 Å². The third-order valence-corrected chi connectivity index (χ3v) is 5.66. The van der Waals surface area contributed by atoms with Gasteiger partial charge < -0.3 is 5.11 Å². The molecular formula is C18H17N3O3S2. The van der Waals surface area contributed by atoms with Crippen LogP contribution in [0.15, 0.2) is 29.6 Å². The zero-order valence-electron chi connectivity index (χ0n) is 14.3. The Bertz CT molecular complexity index is 957. The Labute approximate surface area is 158 Å². The number of carboxylic acid groups (broad SMARTS) is 1. The third-order valence-electron chi connectivity index (χ3n) is 3.67. The van der Waals surface area contributed by atoms with Gasteiger partial charge in [0.1, 0.15) is 5.01 Å². The molecular weight excluding hydrogens is 370 g/mol. The van der Waals surface area contributed by atoms with Crippen LogP contribution in [-0.2, 0) is 9.59 Å². The van der Waals surface area contributed by atoms with Crippen molar-refractivity contribution in [3.63, 3.8) is 0 Å². The molecule has 0 bridgehead atoms. The second kappa shape index (κ2) is 7.76. The van der Waals surface area contributed by atoms with Crippen LogP contribution < -0.4 is 4.90 Å². The number of aromatic nitrogens is 2. The fraction of sp³-hybridized carbons (Fsp3) is 0.222. The van der Waals surface area contributed by atoms with E-state index in [1.165, 1.54) is 29.6 Å². The van der Waals surface area contributed by atoms with Crippen LogP contribution in [0.25, 0.3) is 21.9 Å². The summed E-state index contributed by atoms with van der Waals surface area (Å²) in [4.78, 5) is 33.6. The van der Waals surface area contributed by atoms with Crippen molar-refractivity contribution in [3.05, 3.63) is 40.3 Å². The molecule has 1 aromatic carbocycles. The molecule has 0 saturated carbocycles. The van der Waals surface area contributed by atoms with E-state index < -0.39 is 5.97 Å². The molecule has 26 heavy (non-hydrogen) atoms. The number of amides is 1. The van der Waals surface area contributed by atoms with Crippen molar-refractivity contribution < 1.29 is 14.7 Å². The first-order chi connectivity index (χ1) is 12.5. The summed E-state index contributed by atoms with van der Waals surface area (Å²) in [6.07, 6.45) is 1.59. The molecule has 0 unspecified atom stereocenters. The Balaban J connectivity index is 1.99. The molecule has 0 aliphatic heterocycles. The van der Waals surface area contributed by atoms with Gasteiger partial charge in [0.2, 0.25) is 5.91 Å². The minimum Gasteiger partial charge on any atom is -0.481 e. The summed E-state index contributed by atoms with van der Waals surface area (Å²) in [6.45, 7) is 3.92. The molecule has 1 N–H and O–H groups in total. The van der Waals surface area contributed by atoms with Crippen LogP contribution in [0.4, 0.5) is 5.13 Å². The lowest BCUT2D eigenvalue weighted by atomic mass is 10.1. The lowest BCUT2D eigenvalue weighted by Crippen LogP contribution is -2.27. The van der Waals surface area contributed by atoms with E-state index in [4.69, 9.17) is 0 Å². The van der Waals surface area contributed by atoms with Gasteiger partial charge in [0, 0.05) is 24.4 Å². The largest absolute Gasteiger partial charge is 0.481 e. The highest BCUT2D eigenvalue weighted by molar-refractivity contribution is 7.19. The van der Waals surface area contributed by atoms with Crippen LogP contribution in [0.2, 0.25) is 0 Å². The van der Waals surface area contributed by atoms with Crippen molar-refractivity contribution in [2.24, 2.45) is 0 Å². The van der Waals surface area contributed by atoms with Gasteiger partial charge in [-0.25, -0.2) is 9.97 Å². The van der Waals surface area contributed by atoms with E-state index in [2.05, 4.69) is 9.97 Å². The number of hydrogen-bond donors (Lipinski definition) is 1. The minimum absolute atomic E-state index is 0.0747. The molecule has 1 amide bonds. The SMILES string of the molecule is CCN(C(C)=O)c1nc(/C=C(\CC(=O)O)c2nc3ccccc3s2)cs1. The fourth-order valence-electron chi connectivity index (χ4n) is 2.50. The van der Waals surface area contributed by atoms with Crippen molar-refractivity contribution in [3.8, 4) is 0 Å². The van der Waals surface area contributed by atoms with E-state index in [9.17, 15) is 14.7 Å². The number of nitrogens with zero attached hydrogens (tertiary/aromatic N) is 3. The Morgan fingerprint density at radius 2 is 2.04 bits per heavy atom. The predicted molar refractivity (Wildman–Crippen MR) is 106 cm³/mol. The number of carbonyl (C=O) groups is 2. The smallest absolute Gasteiger partial charge is 0.307 e. The lowest BCUT2D eigenvalue weighted by Gasteiger charge is -2.14. The minimum atomic E-state index is -0.926. The zero-order valence-corrected chi connectivity index (χ0v) is 15.9. The van der Waals surface area contributed by atoms with E-state index in [0.29, 0.717) is 28.0 Å². The van der Waals surface area contributed by atoms with E-state index in [1.54, 1.807) is 11.0 Å². The lowest BCUT2D eigenvalue weighted by molar-refractivity contribution is -0.135. The molecule has 0 saturated heterocycles. The maximum absolute atomic E-state index is 11.7. The summed E-state index contributed by atoms with van der Waals surface area (Å²) in [5.41, 5.74) is 2.07. The number of rotatable bonds is 6. The maximum Gasteiger partial charge on any atom is 0.307 e. The van der Waals surface area contributed by atoms with Gasteiger partial charge in [0.25, 0.3) is 0 Å². The van der Waals surface area contributed by atoms with Crippen molar-refractivity contribution in [1.82, 2.24) is 9.97 Å². The highest BCUT2D eigenvalue weighted by atomic mass is 32.1. The van der Waals surface area contributed by atoms with Gasteiger partial charge in [-0.3, -0.25) is 14.5 Å². The number of carboxylic acids is 1. The molecule has 3 aromatic rings. The summed E-state index contributed by atoms with van der Waals surface area (Å²) < 4.78 is 1.01. The molecule has 0 fully saturated rings. The van der Waals surface area contributed by atoms with Gasteiger partial charge in [-0.1, -0.05) is 12.1 Å². The van der Waals surface area contributed by atoms with Gasteiger partial charge in [0.15, 0.2) is 5.13 Å². The van der Waals surface area contributed by atoms with Gasteiger partial charge >= 0.3 is 5.97 Å². The first kappa shape index (κ1) is 18.2.